The second-order valence-electron chi connectivity index (χ2n) is 4.13. The third kappa shape index (κ3) is 1.96. The predicted octanol–water partition coefficient (Wildman–Crippen LogP) is 4.30. The Kier molecular flexibility index (Phi) is 3.14. The van der Waals surface area contributed by atoms with Crippen LogP contribution in [0.1, 0.15) is 0 Å². The van der Waals surface area contributed by atoms with E-state index in [-0.39, 0.29) is 16.5 Å². The van der Waals surface area contributed by atoms with Gasteiger partial charge in [-0.3, -0.25) is 4.57 Å². The fraction of sp³-hybridized carbons (Fsp3) is 0. The molecule has 20 heavy (non-hydrogen) atoms. The van der Waals surface area contributed by atoms with E-state index in [1.807, 2.05) is 0 Å². The Morgan fingerprint density at radius 3 is 2.70 bits per heavy atom. The SMILES string of the molecule is Nc1nc2c(F)cccc2n1-c1c(Cl)cc(F)cc1Br. The van der Waals surface area contributed by atoms with E-state index in [0.29, 0.717) is 15.7 Å². The third-order valence-corrected chi connectivity index (χ3v) is 3.76. The molecule has 102 valence electrons. The van der Waals surface area contributed by atoms with Crippen LogP contribution < -0.4 is 5.73 Å². The number of hydrogen-bond donors (Lipinski definition) is 1. The lowest BCUT2D eigenvalue weighted by molar-refractivity contribution is 0.626. The molecule has 1 aromatic heterocycles. The lowest BCUT2D eigenvalue weighted by atomic mass is 10.2. The van der Waals surface area contributed by atoms with Gasteiger partial charge in [-0.25, -0.2) is 13.8 Å². The lowest BCUT2D eigenvalue weighted by Gasteiger charge is -2.11. The molecule has 3 aromatic rings. The summed E-state index contributed by atoms with van der Waals surface area (Å²) in [6, 6.07) is 6.91. The molecule has 0 fully saturated rings. The molecule has 3 rings (SSSR count). The van der Waals surface area contributed by atoms with Gasteiger partial charge in [-0.05, 0) is 40.2 Å². The number of fused-ring (bicyclic) bond motifs is 1. The standard InChI is InChI=1S/C13H7BrClF2N3/c14-7-4-6(16)5-8(15)12(7)20-10-3-1-2-9(17)11(10)19-13(20)18/h1-5H,(H2,18,19). The number of rotatable bonds is 1. The predicted molar refractivity (Wildman–Crippen MR) is 78.1 cm³/mol. The van der Waals surface area contributed by atoms with E-state index in [4.69, 9.17) is 17.3 Å². The number of nitrogen functional groups attached to an aromatic ring is 1. The van der Waals surface area contributed by atoms with Crippen molar-refractivity contribution in [3.05, 3.63) is 51.5 Å². The second kappa shape index (κ2) is 4.71. The summed E-state index contributed by atoms with van der Waals surface area (Å²) >= 11 is 9.31. The van der Waals surface area contributed by atoms with Crippen molar-refractivity contribution in [2.24, 2.45) is 0 Å². The molecular formula is C13H7BrClF2N3. The first-order valence-corrected chi connectivity index (χ1v) is 6.73. The van der Waals surface area contributed by atoms with Gasteiger partial charge in [-0.1, -0.05) is 17.7 Å². The Bertz CT molecular complexity index is 809. The van der Waals surface area contributed by atoms with E-state index >= 15 is 0 Å². The summed E-state index contributed by atoms with van der Waals surface area (Å²) in [5.41, 5.74) is 6.85. The summed E-state index contributed by atoms with van der Waals surface area (Å²) in [6.45, 7) is 0. The zero-order valence-electron chi connectivity index (χ0n) is 9.87. The highest BCUT2D eigenvalue weighted by atomic mass is 79.9. The van der Waals surface area contributed by atoms with E-state index in [1.165, 1.54) is 16.7 Å². The highest BCUT2D eigenvalue weighted by Crippen LogP contribution is 2.34. The first-order chi connectivity index (χ1) is 9.49. The van der Waals surface area contributed by atoms with Crippen LogP contribution in [-0.4, -0.2) is 9.55 Å². The van der Waals surface area contributed by atoms with Crippen LogP contribution in [-0.2, 0) is 0 Å². The molecule has 2 N–H and O–H groups in total. The highest BCUT2D eigenvalue weighted by molar-refractivity contribution is 9.10. The normalized spacial score (nSPS) is 11.2. The van der Waals surface area contributed by atoms with Crippen molar-refractivity contribution in [3.8, 4) is 5.69 Å². The Labute approximate surface area is 126 Å². The van der Waals surface area contributed by atoms with E-state index < -0.39 is 11.6 Å². The fourth-order valence-corrected chi connectivity index (χ4v) is 3.08. The Balaban J connectivity index is 2.42. The minimum absolute atomic E-state index is 0.0688. The Morgan fingerprint density at radius 1 is 1.25 bits per heavy atom. The zero-order valence-corrected chi connectivity index (χ0v) is 12.2. The molecule has 0 saturated carbocycles. The van der Waals surface area contributed by atoms with Crippen molar-refractivity contribution in [1.29, 1.82) is 0 Å². The monoisotopic (exact) mass is 357 g/mol. The number of anilines is 1. The maximum Gasteiger partial charge on any atom is 0.206 e. The Morgan fingerprint density at radius 2 is 2.00 bits per heavy atom. The number of benzene rings is 2. The van der Waals surface area contributed by atoms with Crippen molar-refractivity contribution in [2.45, 2.75) is 0 Å². The summed E-state index contributed by atoms with van der Waals surface area (Å²) in [4.78, 5) is 3.99. The van der Waals surface area contributed by atoms with Crippen LogP contribution in [0.3, 0.4) is 0 Å². The first kappa shape index (κ1) is 13.3. The van der Waals surface area contributed by atoms with Crippen molar-refractivity contribution < 1.29 is 8.78 Å². The van der Waals surface area contributed by atoms with Gasteiger partial charge in [0, 0.05) is 4.47 Å². The topological polar surface area (TPSA) is 43.8 Å². The van der Waals surface area contributed by atoms with Crippen molar-refractivity contribution in [1.82, 2.24) is 9.55 Å². The number of nitrogens with zero attached hydrogens (tertiary/aromatic N) is 2. The molecule has 0 aliphatic rings. The summed E-state index contributed by atoms with van der Waals surface area (Å²) in [5, 5.41) is 0.145. The third-order valence-electron chi connectivity index (χ3n) is 2.87. The molecule has 0 atom stereocenters. The van der Waals surface area contributed by atoms with Gasteiger partial charge in [-0.2, -0.15) is 0 Å². The number of para-hydroxylation sites is 1. The maximum absolute atomic E-state index is 13.7. The van der Waals surface area contributed by atoms with E-state index in [0.717, 1.165) is 6.07 Å². The van der Waals surface area contributed by atoms with Crippen molar-refractivity contribution in [2.75, 3.05) is 5.73 Å². The van der Waals surface area contributed by atoms with Crippen molar-refractivity contribution >= 4 is 44.5 Å². The van der Waals surface area contributed by atoms with E-state index in [2.05, 4.69) is 20.9 Å². The molecule has 0 radical (unpaired) electrons. The van der Waals surface area contributed by atoms with Gasteiger partial charge in [0.25, 0.3) is 0 Å². The van der Waals surface area contributed by atoms with Crippen LogP contribution in [0.4, 0.5) is 14.7 Å². The Hall–Kier alpha value is -1.66. The van der Waals surface area contributed by atoms with Crippen LogP contribution in [0.2, 0.25) is 5.02 Å². The molecule has 7 heteroatoms. The van der Waals surface area contributed by atoms with Crippen LogP contribution in [0.15, 0.2) is 34.8 Å². The lowest BCUT2D eigenvalue weighted by Crippen LogP contribution is -2.02. The minimum atomic E-state index is -0.486. The number of hydrogen-bond acceptors (Lipinski definition) is 2. The van der Waals surface area contributed by atoms with Gasteiger partial charge >= 0.3 is 0 Å². The number of imidazole rings is 1. The van der Waals surface area contributed by atoms with Gasteiger partial charge in [0.05, 0.1) is 16.2 Å². The van der Waals surface area contributed by atoms with Gasteiger partial charge < -0.3 is 5.73 Å². The fourth-order valence-electron chi connectivity index (χ4n) is 2.07. The molecule has 0 aliphatic carbocycles. The molecule has 2 aromatic carbocycles. The molecular weight excluding hydrogens is 352 g/mol. The van der Waals surface area contributed by atoms with Crippen LogP contribution in [0.5, 0.6) is 0 Å². The summed E-state index contributed by atoms with van der Waals surface area (Å²) in [6.07, 6.45) is 0. The minimum Gasteiger partial charge on any atom is -0.369 e. The van der Waals surface area contributed by atoms with E-state index in [9.17, 15) is 8.78 Å². The van der Waals surface area contributed by atoms with Crippen molar-refractivity contribution in [3.63, 3.8) is 0 Å². The highest BCUT2D eigenvalue weighted by Gasteiger charge is 2.18. The van der Waals surface area contributed by atoms with Crippen LogP contribution >= 0.6 is 27.5 Å². The summed E-state index contributed by atoms with van der Waals surface area (Å²) in [5.74, 6) is -0.901. The number of nitrogens with two attached hydrogens (primary N) is 1. The molecule has 0 amide bonds. The van der Waals surface area contributed by atoms with E-state index in [1.54, 1.807) is 12.1 Å². The molecule has 0 unspecified atom stereocenters. The van der Waals surface area contributed by atoms with Crippen LogP contribution in [0, 0.1) is 11.6 Å². The number of halogens is 4. The zero-order chi connectivity index (χ0) is 14.4. The quantitative estimate of drug-likeness (QED) is 0.705. The van der Waals surface area contributed by atoms with Gasteiger partial charge in [0.15, 0.2) is 5.82 Å². The average Bonchev–Trinajstić information content (AvgIpc) is 2.67. The molecule has 0 spiro atoms. The largest absolute Gasteiger partial charge is 0.369 e. The molecule has 1 heterocycles. The van der Waals surface area contributed by atoms with Crippen LogP contribution in [0.25, 0.3) is 16.7 Å². The smallest absolute Gasteiger partial charge is 0.206 e. The summed E-state index contributed by atoms with van der Waals surface area (Å²) < 4.78 is 28.9. The first-order valence-electron chi connectivity index (χ1n) is 5.56. The summed E-state index contributed by atoms with van der Waals surface area (Å²) in [7, 11) is 0. The second-order valence-corrected chi connectivity index (χ2v) is 5.39. The molecule has 0 saturated heterocycles. The van der Waals surface area contributed by atoms with Gasteiger partial charge in [0.2, 0.25) is 5.95 Å². The molecule has 0 bridgehead atoms. The molecule has 3 nitrogen and oxygen atoms in total. The maximum atomic E-state index is 13.7. The molecule has 0 aliphatic heterocycles. The average molecular weight is 359 g/mol. The number of aromatic nitrogens is 2. The van der Waals surface area contributed by atoms with Gasteiger partial charge in [-0.15, -0.1) is 0 Å². The van der Waals surface area contributed by atoms with Gasteiger partial charge in [0.1, 0.15) is 11.3 Å².